The molecule has 14 heteroatoms. The molecule has 166 valence electrons. The van der Waals surface area contributed by atoms with Crippen LogP contribution in [-0.2, 0) is 34.0 Å². The highest BCUT2D eigenvalue weighted by Gasteiger charge is 2.57. The molecular formula is C15H19F3INO7S2. The Morgan fingerprint density at radius 1 is 1.14 bits per heavy atom. The van der Waals surface area contributed by atoms with E-state index in [4.69, 9.17) is 4.74 Å². The van der Waals surface area contributed by atoms with Crippen LogP contribution >= 0.6 is 22.6 Å². The fraction of sp³-hybridized carbons (Fsp3) is 0.800. The van der Waals surface area contributed by atoms with E-state index in [9.17, 15) is 34.8 Å². The Kier molecular flexibility index (Phi) is 6.08. The van der Waals surface area contributed by atoms with Crippen molar-refractivity contribution in [2.24, 2.45) is 23.2 Å². The summed E-state index contributed by atoms with van der Waals surface area (Å²) in [7, 11) is -11.3. The molecule has 4 bridgehead atoms. The van der Waals surface area contributed by atoms with Gasteiger partial charge in [-0.2, -0.15) is 21.6 Å². The third-order valence-electron chi connectivity index (χ3n) is 5.81. The molecule has 29 heavy (non-hydrogen) atoms. The van der Waals surface area contributed by atoms with Gasteiger partial charge in [-0.05, 0) is 77.9 Å². The van der Waals surface area contributed by atoms with Crippen molar-refractivity contribution in [3.8, 4) is 0 Å². The van der Waals surface area contributed by atoms with E-state index >= 15 is 0 Å². The second kappa shape index (κ2) is 7.60. The van der Waals surface area contributed by atoms with Crippen LogP contribution in [0, 0.1) is 23.2 Å². The predicted octanol–water partition coefficient (Wildman–Crippen LogP) is 2.37. The van der Waals surface area contributed by atoms with Crippen LogP contribution in [0.25, 0.3) is 0 Å². The van der Waals surface area contributed by atoms with E-state index < -0.39 is 43.8 Å². The highest BCUT2D eigenvalue weighted by molar-refractivity contribution is 14.1. The van der Waals surface area contributed by atoms with E-state index in [-0.39, 0.29) is 27.4 Å². The molecule has 4 aliphatic carbocycles. The molecular weight excluding hydrogens is 554 g/mol. The number of hydrogen-bond acceptors (Lipinski definition) is 7. The number of hydrogen-bond donors (Lipinski definition) is 1. The molecule has 0 aromatic heterocycles. The summed E-state index contributed by atoms with van der Waals surface area (Å²) >= 11 is 1.77. The van der Waals surface area contributed by atoms with Crippen LogP contribution in [0.2, 0.25) is 0 Å². The minimum atomic E-state index is -6.09. The summed E-state index contributed by atoms with van der Waals surface area (Å²) in [5.74, 6) is -0.265. The van der Waals surface area contributed by atoms with Crippen LogP contribution in [0.3, 0.4) is 0 Å². The Labute approximate surface area is 180 Å². The van der Waals surface area contributed by atoms with E-state index in [1.165, 1.54) is 0 Å². The zero-order valence-corrected chi connectivity index (χ0v) is 18.7. The first-order valence-electron chi connectivity index (χ1n) is 8.68. The van der Waals surface area contributed by atoms with E-state index in [2.05, 4.69) is 10.8 Å². The molecule has 0 radical (unpaired) electrons. The summed E-state index contributed by atoms with van der Waals surface area (Å²) < 4.78 is 93.9. The maximum Gasteiger partial charge on any atom is 0.512 e. The summed E-state index contributed by atoms with van der Waals surface area (Å²) in [6.07, 6.45) is 2.87. The summed E-state index contributed by atoms with van der Waals surface area (Å²) in [6, 6.07) is 0. The minimum absolute atomic E-state index is 0.0147. The maximum absolute atomic E-state index is 12.4. The molecule has 0 spiro atoms. The first-order chi connectivity index (χ1) is 13.1. The van der Waals surface area contributed by atoms with Gasteiger partial charge in [0, 0.05) is 0 Å². The standard InChI is InChI=1S/C15H19F3INO7S2/c1-8(19)13(21)27-12-10-2-9-3-11(12)6-14(4-9,5-10)7-26-29(24,25)20-28(22,23)15(16,17)18/h9-12,20H,1-7H2. The second-order valence-corrected chi connectivity index (χ2v) is 12.6. The number of alkyl halides is 3. The van der Waals surface area contributed by atoms with Gasteiger partial charge in [0.15, 0.2) is 0 Å². The molecule has 0 aromatic rings. The average molecular weight is 573 g/mol. The molecule has 0 amide bonds. The predicted molar refractivity (Wildman–Crippen MR) is 102 cm³/mol. The third-order valence-corrected chi connectivity index (χ3v) is 8.99. The Bertz CT molecular complexity index is 903. The second-order valence-electron chi connectivity index (χ2n) is 7.99. The molecule has 0 saturated heterocycles. The number of halogens is 4. The lowest BCUT2D eigenvalue weighted by atomic mass is 9.49. The van der Waals surface area contributed by atoms with Crippen molar-refractivity contribution in [2.45, 2.75) is 43.7 Å². The van der Waals surface area contributed by atoms with Crippen LogP contribution in [-0.4, -0.2) is 41.0 Å². The minimum Gasteiger partial charge on any atom is -0.458 e. The van der Waals surface area contributed by atoms with Crippen molar-refractivity contribution < 1.29 is 43.7 Å². The molecule has 0 aliphatic heterocycles. The third kappa shape index (κ3) is 4.91. The van der Waals surface area contributed by atoms with Crippen molar-refractivity contribution in [3.63, 3.8) is 0 Å². The molecule has 4 saturated carbocycles. The Morgan fingerprint density at radius 3 is 2.17 bits per heavy atom. The van der Waals surface area contributed by atoms with Gasteiger partial charge in [-0.15, -0.1) is 0 Å². The van der Waals surface area contributed by atoms with Crippen LogP contribution in [0.4, 0.5) is 13.2 Å². The molecule has 8 nitrogen and oxygen atoms in total. The van der Waals surface area contributed by atoms with Gasteiger partial charge >= 0.3 is 31.8 Å². The smallest absolute Gasteiger partial charge is 0.458 e. The maximum atomic E-state index is 12.4. The molecule has 0 aromatic carbocycles. The van der Waals surface area contributed by atoms with Gasteiger partial charge in [-0.25, -0.2) is 13.2 Å². The lowest BCUT2D eigenvalue weighted by Crippen LogP contribution is -2.56. The molecule has 2 atom stereocenters. The normalized spacial score (nSPS) is 34.2. The topological polar surface area (TPSA) is 116 Å². The van der Waals surface area contributed by atoms with Gasteiger partial charge in [-0.3, -0.25) is 4.18 Å². The van der Waals surface area contributed by atoms with E-state index in [0.29, 0.717) is 23.4 Å². The van der Waals surface area contributed by atoms with Crippen molar-refractivity contribution in [1.29, 1.82) is 0 Å². The summed E-state index contributed by atoms with van der Waals surface area (Å²) in [5, 5.41) is 0. The molecule has 4 aliphatic rings. The van der Waals surface area contributed by atoms with Gasteiger partial charge in [0.1, 0.15) is 6.10 Å². The van der Waals surface area contributed by atoms with Crippen LogP contribution < -0.4 is 4.13 Å². The van der Waals surface area contributed by atoms with Gasteiger partial charge < -0.3 is 4.74 Å². The van der Waals surface area contributed by atoms with Gasteiger partial charge in [-0.1, -0.05) is 10.7 Å². The number of carbonyl (C=O) groups excluding carboxylic acids is 1. The first-order valence-corrected chi connectivity index (χ1v) is 12.6. The van der Waals surface area contributed by atoms with E-state index in [0.717, 1.165) is 12.8 Å². The van der Waals surface area contributed by atoms with Crippen molar-refractivity contribution in [3.05, 3.63) is 10.2 Å². The number of carbonyl (C=O) groups is 1. The summed E-state index contributed by atoms with van der Waals surface area (Å²) in [5.41, 5.74) is -6.39. The number of ether oxygens (including phenoxy) is 1. The first kappa shape index (κ1) is 23.2. The van der Waals surface area contributed by atoms with Gasteiger partial charge in [0.2, 0.25) is 0 Å². The zero-order valence-electron chi connectivity index (χ0n) is 14.9. The fourth-order valence-electron chi connectivity index (χ4n) is 5.11. The molecule has 4 fully saturated rings. The van der Waals surface area contributed by atoms with Gasteiger partial charge in [0.25, 0.3) is 0 Å². The molecule has 0 heterocycles. The Hall–Kier alpha value is -0.450. The Morgan fingerprint density at radius 2 is 1.69 bits per heavy atom. The van der Waals surface area contributed by atoms with Gasteiger partial charge in [0.05, 0.1) is 10.2 Å². The highest BCUT2D eigenvalue weighted by atomic mass is 127. The average Bonchev–Trinajstić information content (AvgIpc) is 2.54. The van der Waals surface area contributed by atoms with E-state index in [1.54, 1.807) is 22.6 Å². The van der Waals surface area contributed by atoms with Crippen LogP contribution in [0.15, 0.2) is 10.2 Å². The monoisotopic (exact) mass is 573 g/mol. The molecule has 1 N–H and O–H groups in total. The number of esters is 1. The van der Waals surface area contributed by atoms with Crippen molar-refractivity contribution >= 4 is 48.9 Å². The molecule has 4 rings (SSSR count). The summed E-state index contributed by atoms with van der Waals surface area (Å²) in [4.78, 5) is 11.9. The SMILES string of the molecule is C=C(I)C(=O)OC1C2CC3CC1CC(COS(=O)(=O)NS(=O)(=O)C(F)(F)F)(C3)C2. The van der Waals surface area contributed by atoms with Crippen molar-refractivity contribution in [2.75, 3.05) is 6.61 Å². The van der Waals surface area contributed by atoms with E-state index in [1.807, 2.05) is 0 Å². The number of nitrogens with one attached hydrogen (secondary N) is 1. The number of sulfonamides is 1. The lowest BCUT2D eigenvalue weighted by Gasteiger charge is -2.59. The largest absolute Gasteiger partial charge is 0.512 e. The number of rotatable bonds is 7. The highest BCUT2D eigenvalue weighted by Crippen LogP contribution is 2.61. The molecule has 2 unspecified atom stereocenters. The summed E-state index contributed by atoms with van der Waals surface area (Å²) in [6.45, 7) is 3.11. The zero-order chi connectivity index (χ0) is 21.8. The fourth-order valence-corrected chi connectivity index (χ4v) is 7.29. The van der Waals surface area contributed by atoms with Crippen LogP contribution in [0.5, 0.6) is 0 Å². The van der Waals surface area contributed by atoms with Crippen molar-refractivity contribution in [1.82, 2.24) is 4.13 Å². The lowest BCUT2D eigenvalue weighted by molar-refractivity contribution is -0.180. The quantitative estimate of drug-likeness (QED) is 0.283. The van der Waals surface area contributed by atoms with Crippen LogP contribution in [0.1, 0.15) is 32.1 Å². The Balaban J connectivity index is 1.67.